The Bertz CT molecular complexity index is 1190. The molecule has 2 N–H and O–H groups in total. The highest BCUT2D eigenvalue weighted by atomic mass is 19.4. The number of alkyl halides is 3. The maximum absolute atomic E-state index is 12.6. The number of nitrogens with zero attached hydrogens (tertiary/aromatic N) is 1. The highest BCUT2D eigenvalue weighted by Gasteiger charge is 2.31. The van der Waals surface area contributed by atoms with Crippen LogP contribution in [0.3, 0.4) is 0 Å². The van der Waals surface area contributed by atoms with Crippen LogP contribution in [0.15, 0.2) is 72.8 Å². The van der Waals surface area contributed by atoms with E-state index in [0.717, 1.165) is 43.0 Å². The molecule has 3 rings (SSSR count). The molecule has 0 atom stereocenters. The SMILES string of the molecule is CCN(CC)CCCNC(=O)c1cccc(Nc2cccc(/C=C/c3cccc(OC(F)(F)F)c3)c2)c1. The Balaban J connectivity index is 1.60. The van der Waals surface area contributed by atoms with Crippen molar-refractivity contribution < 1.29 is 22.7 Å². The third-order valence-electron chi connectivity index (χ3n) is 5.69. The van der Waals surface area contributed by atoms with Gasteiger partial charge >= 0.3 is 6.36 Å². The summed E-state index contributed by atoms with van der Waals surface area (Å²) in [5, 5.41) is 6.28. The maximum atomic E-state index is 12.6. The molecule has 8 heteroatoms. The summed E-state index contributed by atoms with van der Waals surface area (Å²) in [7, 11) is 0. The fourth-order valence-electron chi connectivity index (χ4n) is 3.78. The number of rotatable bonds is 12. The lowest BCUT2D eigenvalue weighted by molar-refractivity contribution is -0.274. The van der Waals surface area contributed by atoms with Gasteiger partial charge in [0.05, 0.1) is 0 Å². The average molecular weight is 512 g/mol. The fraction of sp³-hybridized carbons (Fsp3) is 0.276. The molecular formula is C29H32F3N3O2. The summed E-state index contributed by atoms with van der Waals surface area (Å²) in [6.07, 6.45) is -0.315. The fourth-order valence-corrected chi connectivity index (χ4v) is 3.78. The van der Waals surface area contributed by atoms with Crippen LogP contribution >= 0.6 is 0 Å². The van der Waals surface area contributed by atoms with Crippen LogP contribution in [0, 0.1) is 0 Å². The lowest BCUT2D eigenvalue weighted by Crippen LogP contribution is -2.29. The molecule has 0 aliphatic carbocycles. The second-order valence-electron chi connectivity index (χ2n) is 8.42. The first-order valence-electron chi connectivity index (χ1n) is 12.3. The Labute approximate surface area is 216 Å². The highest BCUT2D eigenvalue weighted by Crippen LogP contribution is 2.25. The molecule has 0 bridgehead atoms. The first-order valence-corrected chi connectivity index (χ1v) is 12.3. The number of carbonyl (C=O) groups is 1. The van der Waals surface area contributed by atoms with E-state index in [0.29, 0.717) is 17.7 Å². The van der Waals surface area contributed by atoms with E-state index in [1.807, 2.05) is 36.4 Å². The topological polar surface area (TPSA) is 53.6 Å². The van der Waals surface area contributed by atoms with Crippen molar-refractivity contribution in [3.05, 3.63) is 89.5 Å². The minimum Gasteiger partial charge on any atom is -0.406 e. The molecule has 3 aromatic carbocycles. The zero-order valence-corrected chi connectivity index (χ0v) is 21.0. The average Bonchev–Trinajstić information content (AvgIpc) is 2.87. The molecule has 0 aliphatic rings. The third-order valence-corrected chi connectivity index (χ3v) is 5.69. The monoisotopic (exact) mass is 511 g/mol. The first-order chi connectivity index (χ1) is 17.8. The number of anilines is 2. The smallest absolute Gasteiger partial charge is 0.406 e. The molecule has 3 aromatic rings. The van der Waals surface area contributed by atoms with Gasteiger partial charge in [-0.05, 0) is 79.6 Å². The quantitative estimate of drug-likeness (QED) is 0.204. The molecule has 0 heterocycles. The summed E-state index contributed by atoms with van der Waals surface area (Å²) in [5.74, 6) is -0.380. The Hall–Kier alpha value is -3.78. The molecule has 0 unspecified atom stereocenters. The molecule has 1 amide bonds. The number of hydrogen-bond donors (Lipinski definition) is 2. The molecule has 0 aromatic heterocycles. The van der Waals surface area contributed by atoms with Crippen molar-refractivity contribution in [2.45, 2.75) is 26.6 Å². The minimum absolute atomic E-state index is 0.114. The van der Waals surface area contributed by atoms with Crippen LogP contribution in [-0.2, 0) is 0 Å². The molecule has 5 nitrogen and oxygen atoms in total. The number of amides is 1. The number of carbonyl (C=O) groups excluding carboxylic acids is 1. The van der Waals surface area contributed by atoms with E-state index >= 15 is 0 Å². The van der Waals surface area contributed by atoms with Gasteiger partial charge in [-0.15, -0.1) is 13.2 Å². The Morgan fingerprint density at radius 3 is 2.19 bits per heavy atom. The van der Waals surface area contributed by atoms with Crippen molar-refractivity contribution in [1.82, 2.24) is 10.2 Å². The second kappa shape index (κ2) is 13.5. The molecule has 0 saturated heterocycles. The van der Waals surface area contributed by atoms with Crippen molar-refractivity contribution in [1.29, 1.82) is 0 Å². The first kappa shape index (κ1) is 27.8. The Kier molecular flexibility index (Phi) is 10.1. The van der Waals surface area contributed by atoms with E-state index in [-0.39, 0.29) is 11.7 Å². The Morgan fingerprint density at radius 2 is 1.51 bits per heavy atom. The van der Waals surface area contributed by atoms with Gasteiger partial charge < -0.3 is 20.3 Å². The van der Waals surface area contributed by atoms with Gasteiger partial charge in [0.1, 0.15) is 5.75 Å². The van der Waals surface area contributed by atoms with E-state index in [1.165, 1.54) is 18.2 Å². The molecule has 196 valence electrons. The number of ether oxygens (including phenoxy) is 1. The zero-order valence-electron chi connectivity index (χ0n) is 21.0. The standard InChI is InChI=1S/C29H32F3N3O2/c1-3-35(4-2)18-8-17-33-28(36)24-11-7-13-26(21-24)34-25-12-5-9-22(19-25)15-16-23-10-6-14-27(20-23)37-29(30,31)32/h5-7,9-16,19-21,34H,3-4,8,17-18H2,1-2H3,(H,33,36)/b16-15+. The lowest BCUT2D eigenvalue weighted by atomic mass is 10.1. The van der Waals surface area contributed by atoms with Crippen LogP contribution in [0.2, 0.25) is 0 Å². The summed E-state index contributed by atoms with van der Waals surface area (Å²) in [6.45, 7) is 7.82. The van der Waals surface area contributed by atoms with Gasteiger partial charge in [0.25, 0.3) is 5.91 Å². The van der Waals surface area contributed by atoms with Gasteiger partial charge in [0.15, 0.2) is 0 Å². The number of halogens is 3. The summed E-state index contributed by atoms with van der Waals surface area (Å²) in [6, 6.07) is 20.6. The molecule has 0 aliphatic heterocycles. The minimum atomic E-state index is -4.73. The summed E-state index contributed by atoms with van der Waals surface area (Å²) in [5.41, 5.74) is 3.59. The van der Waals surface area contributed by atoms with Gasteiger partial charge in [0.2, 0.25) is 0 Å². The van der Waals surface area contributed by atoms with Gasteiger partial charge in [0, 0.05) is 23.5 Å². The maximum Gasteiger partial charge on any atom is 0.573 e. The van der Waals surface area contributed by atoms with Gasteiger partial charge in [-0.2, -0.15) is 0 Å². The van der Waals surface area contributed by atoms with Crippen LogP contribution in [0.4, 0.5) is 24.5 Å². The number of hydrogen-bond acceptors (Lipinski definition) is 4. The Morgan fingerprint density at radius 1 is 0.892 bits per heavy atom. The predicted molar refractivity (Wildman–Crippen MR) is 143 cm³/mol. The molecule has 0 fully saturated rings. The van der Waals surface area contributed by atoms with E-state index in [1.54, 1.807) is 30.4 Å². The van der Waals surface area contributed by atoms with E-state index in [9.17, 15) is 18.0 Å². The third kappa shape index (κ3) is 9.65. The van der Waals surface area contributed by atoms with Crippen molar-refractivity contribution in [3.8, 4) is 5.75 Å². The van der Waals surface area contributed by atoms with Crippen LogP contribution in [0.25, 0.3) is 12.2 Å². The van der Waals surface area contributed by atoms with Crippen LogP contribution in [0.1, 0.15) is 41.8 Å². The van der Waals surface area contributed by atoms with Crippen LogP contribution in [0.5, 0.6) is 5.75 Å². The summed E-state index contributed by atoms with van der Waals surface area (Å²) in [4.78, 5) is 14.9. The van der Waals surface area contributed by atoms with E-state index < -0.39 is 6.36 Å². The van der Waals surface area contributed by atoms with E-state index in [4.69, 9.17) is 0 Å². The molecule has 0 radical (unpaired) electrons. The van der Waals surface area contributed by atoms with Gasteiger partial charge in [-0.25, -0.2) is 0 Å². The van der Waals surface area contributed by atoms with Crippen LogP contribution in [-0.4, -0.2) is 43.3 Å². The second-order valence-corrected chi connectivity index (χ2v) is 8.42. The normalized spacial score (nSPS) is 11.6. The zero-order chi connectivity index (χ0) is 26.7. The molecular weight excluding hydrogens is 479 g/mol. The molecule has 37 heavy (non-hydrogen) atoms. The number of nitrogens with one attached hydrogen (secondary N) is 2. The van der Waals surface area contributed by atoms with Crippen LogP contribution < -0.4 is 15.4 Å². The summed E-state index contributed by atoms with van der Waals surface area (Å²) >= 11 is 0. The molecule has 0 saturated carbocycles. The summed E-state index contributed by atoms with van der Waals surface area (Å²) < 4.78 is 41.4. The predicted octanol–water partition coefficient (Wildman–Crippen LogP) is 6.96. The van der Waals surface area contributed by atoms with Gasteiger partial charge in [-0.3, -0.25) is 4.79 Å². The van der Waals surface area contributed by atoms with E-state index in [2.05, 4.69) is 34.1 Å². The van der Waals surface area contributed by atoms with Gasteiger partial charge in [-0.1, -0.05) is 56.3 Å². The highest BCUT2D eigenvalue weighted by molar-refractivity contribution is 5.95. The largest absolute Gasteiger partial charge is 0.573 e. The number of benzene rings is 3. The lowest BCUT2D eigenvalue weighted by Gasteiger charge is -2.17. The van der Waals surface area contributed by atoms with Crippen molar-refractivity contribution >= 4 is 29.4 Å². The van der Waals surface area contributed by atoms with Crippen molar-refractivity contribution in [2.75, 3.05) is 31.5 Å². The van der Waals surface area contributed by atoms with Crippen molar-refractivity contribution in [3.63, 3.8) is 0 Å². The molecule has 0 spiro atoms. The van der Waals surface area contributed by atoms with Crippen molar-refractivity contribution in [2.24, 2.45) is 0 Å².